The fourth-order valence-corrected chi connectivity index (χ4v) is 2.88. The third kappa shape index (κ3) is 2.31. The number of nitrogens with zero attached hydrogens (tertiary/aromatic N) is 1. The van der Waals surface area contributed by atoms with Crippen molar-refractivity contribution in [3.05, 3.63) is 23.3 Å². The Morgan fingerprint density at radius 2 is 2.22 bits per heavy atom. The van der Waals surface area contributed by atoms with E-state index in [0.717, 1.165) is 22.9 Å². The average molecular weight is 263 g/mol. The lowest BCUT2D eigenvalue weighted by Crippen LogP contribution is -2.33. The predicted octanol–water partition coefficient (Wildman–Crippen LogP) is 2.80. The lowest BCUT2D eigenvalue weighted by molar-refractivity contribution is 0.0940. The molecule has 0 spiro atoms. The second-order valence-electron chi connectivity index (χ2n) is 4.20. The van der Waals surface area contributed by atoms with Crippen molar-refractivity contribution in [2.45, 2.75) is 32.7 Å². The number of nitrogens with one attached hydrogen (secondary N) is 1. The normalized spacial score (nSPS) is 11.1. The van der Waals surface area contributed by atoms with Crippen LogP contribution in [0, 0.1) is 0 Å². The van der Waals surface area contributed by atoms with Gasteiger partial charge in [-0.25, -0.2) is 0 Å². The van der Waals surface area contributed by atoms with Gasteiger partial charge in [-0.1, -0.05) is 13.8 Å². The van der Waals surface area contributed by atoms with E-state index in [0.29, 0.717) is 10.6 Å². The fraction of sp³-hybridized carbons (Fsp3) is 0.385. The smallest absolute Gasteiger partial charge is 0.263 e. The minimum absolute atomic E-state index is 0.0811. The Labute approximate surface area is 110 Å². The Bertz CT molecular complexity index is 560. The zero-order valence-electron chi connectivity index (χ0n) is 10.6. The lowest BCUT2D eigenvalue weighted by atomic mass is 10.1. The molecule has 0 aromatic carbocycles. The van der Waals surface area contributed by atoms with Crippen molar-refractivity contribution in [3.8, 4) is 0 Å². The van der Waals surface area contributed by atoms with Crippen molar-refractivity contribution in [1.82, 2.24) is 10.3 Å². The highest BCUT2D eigenvalue weighted by atomic mass is 32.1. The van der Waals surface area contributed by atoms with Crippen LogP contribution in [0.2, 0.25) is 0 Å². The number of nitrogens with two attached hydrogens (primary N) is 1. The Morgan fingerprint density at radius 1 is 1.50 bits per heavy atom. The largest absolute Gasteiger partial charge is 0.397 e. The van der Waals surface area contributed by atoms with Crippen molar-refractivity contribution < 1.29 is 4.79 Å². The summed E-state index contributed by atoms with van der Waals surface area (Å²) in [4.78, 5) is 16.8. The Balaban J connectivity index is 2.30. The van der Waals surface area contributed by atoms with Crippen LogP contribution in [0.3, 0.4) is 0 Å². The summed E-state index contributed by atoms with van der Waals surface area (Å²) >= 11 is 1.40. The van der Waals surface area contributed by atoms with Gasteiger partial charge in [-0.2, -0.15) is 0 Å². The number of carbonyl (C=O) groups is 1. The van der Waals surface area contributed by atoms with Crippen LogP contribution in [0.15, 0.2) is 18.5 Å². The first-order chi connectivity index (χ1) is 8.67. The summed E-state index contributed by atoms with van der Waals surface area (Å²) in [5.74, 6) is -0.0811. The molecule has 96 valence electrons. The SMILES string of the molecule is CCC(CC)NC(=O)c1sc2cnccc2c1N. The van der Waals surface area contributed by atoms with Gasteiger partial charge in [-0.3, -0.25) is 9.78 Å². The second kappa shape index (κ2) is 5.35. The summed E-state index contributed by atoms with van der Waals surface area (Å²) in [7, 11) is 0. The van der Waals surface area contributed by atoms with Crippen LogP contribution in [0.4, 0.5) is 5.69 Å². The number of carbonyl (C=O) groups excluding carboxylic acids is 1. The summed E-state index contributed by atoms with van der Waals surface area (Å²) in [6, 6.07) is 2.05. The number of anilines is 1. The molecule has 0 saturated carbocycles. The van der Waals surface area contributed by atoms with E-state index >= 15 is 0 Å². The molecule has 0 aliphatic heterocycles. The van der Waals surface area contributed by atoms with Crippen LogP contribution < -0.4 is 11.1 Å². The lowest BCUT2D eigenvalue weighted by Gasteiger charge is -2.13. The topological polar surface area (TPSA) is 68.0 Å². The molecule has 0 unspecified atom stereocenters. The van der Waals surface area contributed by atoms with Crippen LogP contribution in [0.5, 0.6) is 0 Å². The number of fused-ring (bicyclic) bond motifs is 1. The van der Waals surface area contributed by atoms with E-state index in [2.05, 4.69) is 24.1 Å². The first-order valence-electron chi connectivity index (χ1n) is 6.10. The maximum Gasteiger partial charge on any atom is 0.263 e. The Kier molecular flexibility index (Phi) is 3.81. The van der Waals surface area contributed by atoms with Crippen LogP contribution >= 0.6 is 11.3 Å². The molecular weight excluding hydrogens is 246 g/mol. The highest BCUT2D eigenvalue weighted by molar-refractivity contribution is 7.21. The molecule has 0 aliphatic rings. The van der Waals surface area contributed by atoms with Gasteiger partial charge in [0.1, 0.15) is 4.88 Å². The standard InChI is InChI=1S/C13H17N3OS/c1-3-8(4-2)16-13(17)12-11(14)9-5-6-15-7-10(9)18-12/h5-8H,3-4,14H2,1-2H3,(H,16,17). The summed E-state index contributed by atoms with van der Waals surface area (Å²) in [6.07, 6.45) is 5.28. The quantitative estimate of drug-likeness (QED) is 0.891. The molecule has 4 nitrogen and oxygen atoms in total. The molecule has 3 N–H and O–H groups in total. The number of pyridine rings is 1. The van der Waals surface area contributed by atoms with E-state index in [9.17, 15) is 4.79 Å². The molecule has 5 heteroatoms. The fourth-order valence-electron chi connectivity index (χ4n) is 1.88. The van der Waals surface area contributed by atoms with Gasteiger partial charge in [0.05, 0.1) is 10.4 Å². The van der Waals surface area contributed by atoms with E-state index in [4.69, 9.17) is 5.73 Å². The van der Waals surface area contributed by atoms with Crippen molar-refractivity contribution in [2.75, 3.05) is 5.73 Å². The van der Waals surface area contributed by atoms with Crippen LogP contribution in [-0.4, -0.2) is 16.9 Å². The van der Waals surface area contributed by atoms with Gasteiger partial charge in [0.2, 0.25) is 0 Å². The molecule has 0 fully saturated rings. The van der Waals surface area contributed by atoms with E-state index in [-0.39, 0.29) is 11.9 Å². The number of thiophene rings is 1. The molecule has 0 saturated heterocycles. The number of hydrogen-bond acceptors (Lipinski definition) is 4. The highest BCUT2D eigenvalue weighted by Gasteiger charge is 2.18. The molecule has 2 aromatic rings. The number of aromatic nitrogens is 1. The second-order valence-corrected chi connectivity index (χ2v) is 5.26. The predicted molar refractivity (Wildman–Crippen MR) is 75.9 cm³/mol. The number of nitrogen functional groups attached to an aromatic ring is 1. The molecule has 0 atom stereocenters. The Morgan fingerprint density at radius 3 is 2.83 bits per heavy atom. The van der Waals surface area contributed by atoms with Crippen LogP contribution in [0.1, 0.15) is 36.4 Å². The molecule has 1 amide bonds. The number of hydrogen-bond donors (Lipinski definition) is 2. The maximum absolute atomic E-state index is 12.2. The van der Waals surface area contributed by atoms with E-state index in [1.54, 1.807) is 12.4 Å². The van der Waals surface area contributed by atoms with Crippen molar-refractivity contribution >= 4 is 33.0 Å². The molecule has 18 heavy (non-hydrogen) atoms. The summed E-state index contributed by atoms with van der Waals surface area (Å²) in [5, 5.41) is 3.91. The third-order valence-electron chi connectivity index (χ3n) is 3.06. The maximum atomic E-state index is 12.2. The van der Waals surface area contributed by atoms with Crippen molar-refractivity contribution in [2.24, 2.45) is 0 Å². The third-order valence-corrected chi connectivity index (χ3v) is 4.21. The van der Waals surface area contributed by atoms with E-state index < -0.39 is 0 Å². The van der Waals surface area contributed by atoms with Crippen LogP contribution in [-0.2, 0) is 0 Å². The Hall–Kier alpha value is -1.62. The molecule has 2 aromatic heterocycles. The minimum Gasteiger partial charge on any atom is -0.397 e. The molecule has 2 rings (SSSR count). The number of amides is 1. The zero-order valence-corrected chi connectivity index (χ0v) is 11.4. The zero-order chi connectivity index (χ0) is 13.1. The van der Waals surface area contributed by atoms with Gasteiger partial charge >= 0.3 is 0 Å². The van der Waals surface area contributed by atoms with Crippen molar-refractivity contribution in [1.29, 1.82) is 0 Å². The summed E-state index contributed by atoms with van der Waals surface area (Å²) in [6.45, 7) is 4.12. The van der Waals surface area contributed by atoms with E-state index in [1.807, 2.05) is 6.07 Å². The minimum atomic E-state index is -0.0811. The molecule has 0 radical (unpaired) electrons. The molecular formula is C13H17N3OS. The summed E-state index contributed by atoms with van der Waals surface area (Å²) in [5.41, 5.74) is 6.58. The van der Waals surface area contributed by atoms with Gasteiger partial charge in [0, 0.05) is 23.8 Å². The van der Waals surface area contributed by atoms with Gasteiger partial charge in [0.25, 0.3) is 5.91 Å². The van der Waals surface area contributed by atoms with Gasteiger partial charge in [0.15, 0.2) is 0 Å². The first kappa shape index (κ1) is 12.8. The highest BCUT2D eigenvalue weighted by Crippen LogP contribution is 2.32. The molecule has 0 aliphatic carbocycles. The van der Waals surface area contributed by atoms with Gasteiger partial charge < -0.3 is 11.1 Å². The molecule has 2 heterocycles. The van der Waals surface area contributed by atoms with E-state index in [1.165, 1.54) is 11.3 Å². The van der Waals surface area contributed by atoms with Crippen LogP contribution in [0.25, 0.3) is 10.1 Å². The van der Waals surface area contributed by atoms with Gasteiger partial charge in [-0.05, 0) is 18.9 Å². The first-order valence-corrected chi connectivity index (χ1v) is 6.91. The van der Waals surface area contributed by atoms with Gasteiger partial charge in [-0.15, -0.1) is 11.3 Å². The average Bonchev–Trinajstić information content (AvgIpc) is 2.74. The molecule has 0 bridgehead atoms. The monoisotopic (exact) mass is 263 g/mol. The van der Waals surface area contributed by atoms with Crippen molar-refractivity contribution in [3.63, 3.8) is 0 Å². The number of rotatable bonds is 4. The summed E-state index contributed by atoms with van der Waals surface area (Å²) < 4.78 is 0.949.